The minimum absolute atomic E-state index is 0.0896. The van der Waals surface area contributed by atoms with Gasteiger partial charge in [-0.25, -0.2) is 0 Å². The van der Waals surface area contributed by atoms with Gasteiger partial charge >= 0.3 is 0 Å². The molecule has 2 aliphatic rings. The van der Waals surface area contributed by atoms with Crippen LogP contribution in [0.4, 0.5) is 0 Å². The van der Waals surface area contributed by atoms with Gasteiger partial charge in [-0.2, -0.15) is 0 Å². The van der Waals surface area contributed by atoms with Gasteiger partial charge in [0, 0.05) is 36.7 Å². The van der Waals surface area contributed by atoms with Crippen LogP contribution in [0.5, 0.6) is 0 Å². The molecule has 1 saturated carbocycles. The molecule has 1 spiro atoms. The van der Waals surface area contributed by atoms with Crippen LogP contribution in [0.3, 0.4) is 0 Å². The molecule has 1 aromatic heterocycles. The van der Waals surface area contributed by atoms with Gasteiger partial charge < -0.3 is 15.8 Å². The molecule has 0 bridgehead atoms. The Morgan fingerprint density at radius 2 is 1.94 bits per heavy atom. The topological polar surface area (TPSA) is 84.0 Å². The fourth-order valence-corrected chi connectivity index (χ4v) is 6.44. The maximum Gasteiger partial charge on any atom is 0.108 e. The third-order valence-corrected chi connectivity index (χ3v) is 7.69. The number of benzene rings is 1. The summed E-state index contributed by atoms with van der Waals surface area (Å²) in [4.78, 5) is 4.41. The number of hydrogen-bond donors (Lipinski definition) is 3. The van der Waals surface area contributed by atoms with Crippen molar-refractivity contribution in [2.45, 2.75) is 65.1 Å². The first-order chi connectivity index (χ1) is 15.8. The third-order valence-electron chi connectivity index (χ3n) is 7.69. The smallest absolute Gasteiger partial charge is 0.108 e. The molecule has 6 atom stereocenters. The lowest BCUT2D eigenvalue weighted by atomic mass is 9.61. The highest BCUT2D eigenvalue weighted by Crippen LogP contribution is 2.57. The summed E-state index contributed by atoms with van der Waals surface area (Å²) in [6.45, 7) is 8.46. The lowest BCUT2D eigenvalue weighted by molar-refractivity contribution is -0.0615. The van der Waals surface area contributed by atoms with Gasteiger partial charge in [0.05, 0.1) is 12.1 Å². The van der Waals surface area contributed by atoms with Gasteiger partial charge in [0.2, 0.25) is 0 Å². The Labute approximate surface area is 198 Å². The van der Waals surface area contributed by atoms with Crippen LogP contribution in [-0.4, -0.2) is 30.1 Å². The monoisotopic (exact) mass is 444 g/mol. The van der Waals surface area contributed by atoms with Crippen molar-refractivity contribution in [1.29, 1.82) is 5.41 Å². The van der Waals surface area contributed by atoms with Crippen molar-refractivity contribution in [3.05, 3.63) is 53.3 Å². The van der Waals surface area contributed by atoms with E-state index in [0.29, 0.717) is 11.8 Å². The van der Waals surface area contributed by atoms with Crippen LogP contribution in [0.15, 0.2) is 36.7 Å². The van der Waals surface area contributed by atoms with Crippen LogP contribution in [0, 0.1) is 34.5 Å². The standard InChI is InChI=1S/C28H36N4O/c1-6-7-20-10-23(16-31-15-20)21-8-9-22-14-28(12-17(2)25(33-5)18(3)13-28)26(24(22)11-21)32-19(4)27(29)30/h8-11,15-19,25-26,32H,12-14H2,1-5H3,(H3,29,30)/t17-,18+,19?,25?,26-,28?/m1/s1. The van der Waals surface area contributed by atoms with Crippen molar-refractivity contribution in [1.82, 2.24) is 10.3 Å². The van der Waals surface area contributed by atoms with Crippen molar-refractivity contribution in [3.63, 3.8) is 0 Å². The second-order valence-corrected chi connectivity index (χ2v) is 10.1. The summed E-state index contributed by atoms with van der Waals surface area (Å²) < 4.78 is 5.87. The van der Waals surface area contributed by atoms with E-state index in [4.69, 9.17) is 15.9 Å². The Bertz CT molecular complexity index is 1090. The molecule has 0 saturated heterocycles. The van der Waals surface area contributed by atoms with Crippen LogP contribution in [-0.2, 0) is 11.2 Å². The number of ether oxygens (including phenoxy) is 1. The van der Waals surface area contributed by atoms with Gasteiger partial charge in [-0.1, -0.05) is 31.9 Å². The van der Waals surface area contributed by atoms with Crippen molar-refractivity contribution >= 4 is 5.84 Å². The molecule has 5 nitrogen and oxygen atoms in total. The van der Waals surface area contributed by atoms with Gasteiger partial charge in [-0.15, -0.1) is 5.92 Å². The molecule has 174 valence electrons. The quantitative estimate of drug-likeness (QED) is 0.355. The fraction of sp³-hybridized carbons (Fsp3) is 0.500. The predicted molar refractivity (Wildman–Crippen MR) is 134 cm³/mol. The van der Waals surface area contributed by atoms with Crippen molar-refractivity contribution in [3.8, 4) is 23.0 Å². The first kappa shape index (κ1) is 23.5. The molecule has 1 heterocycles. The summed E-state index contributed by atoms with van der Waals surface area (Å²) in [5.41, 5.74) is 11.8. The van der Waals surface area contributed by atoms with Crippen molar-refractivity contribution in [2.24, 2.45) is 23.0 Å². The molecule has 1 aromatic carbocycles. The molecule has 3 unspecified atom stereocenters. The number of fused-ring (bicyclic) bond motifs is 1. The van der Waals surface area contributed by atoms with E-state index in [-0.39, 0.29) is 29.4 Å². The van der Waals surface area contributed by atoms with E-state index < -0.39 is 0 Å². The molecule has 0 aliphatic heterocycles. The molecule has 1 fully saturated rings. The number of pyridine rings is 1. The van der Waals surface area contributed by atoms with E-state index in [0.717, 1.165) is 36.0 Å². The second-order valence-electron chi connectivity index (χ2n) is 10.1. The summed E-state index contributed by atoms with van der Waals surface area (Å²) in [6, 6.07) is 8.86. The highest BCUT2D eigenvalue weighted by Gasteiger charge is 2.52. The molecule has 2 aliphatic carbocycles. The molecule has 0 radical (unpaired) electrons. The van der Waals surface area contributed by atoms with Crippen LogP contribution in [0.25, 0.3) is 11.1 Å². The van der Waals surface area contributed by atoms with E-state index in [9.17, 15) is 0 Å². The number of amidine groups is 1. The lowest BCUT2D eigenvalue weighted by Crippen LogP contribution is -2.50. The van der Waals surface area contributed by atoms with Crippen molar-refractivity contribution < 1.29 is 4.74 Å². The average molecular weight is 445 g/mol. The van der Waals surface area contributed by atoms with Crippen LogP contribution in [0.2, 0.25) is 0 Å². The fourth-order valence-electron chi connectivity index (χ4n) is 6.44. The average Bonchev–Trinajstić information content (AvgIpc) is 3.05. The highest BCUT2D eigenvalue weighted by atomic mass is 16.5. The largest absolute Gasteiger partial charge is 0.386 e. The third kappa shape index (κ3) is 4.43. The van der Waals surface area contributed by atoms with Gasteiger partial charge in [0.1, 0.15) is 5.84 Å². The predicted octanol–water partition coefficient (Wildman–Crippen LogP) is 4.70. The van der Waals surface area contributed by atoms with E-state index in [2.05, 4.69) is 60.3 Å². The van der Waals surface area contributed by atoms with Gasteiger partial charge in [0.25, 0.3) is 0 Å². The van der Waals surface area contributed by atoms with Crippen LogP contribution >= 0.6 is 0 Å². The molecule has 33 heavy (non-hydrogen) atoms. The van der Waals surface area contributed by atoms with E-state index in [1.165, 1.54) is 11.1 Å². The molecule has 5 heteroatoms. The normalized spacial score (nSPS) is 29.2. The summed E-state index contributed by atoms with van der Waals surface area (Å²) in [5, 5.41) is 11.8. The summed E-state index contributed by atoms with van der Waals surface area (Å²) in [5.74, 6) is 7.18. The molecule has 4 rings (SSSR count). The van der Waals surface area contributed by atoms with Crippen LogP contribution < -0.4 is 11.1 Å². The first-order valence-corrected chi connectivity index (χ1v) is 11.9. The highest BCUT2D eigenvalue weighted by molar-refractivity contribution is 5.82. The minimum Gasteiger partial charge on any atom is -0.386 e. The van der Waals surface area contributed by atoms with Gasteiger partial charge in [-0.05, 0) is 79.2 Å². The Morgan fingerprint density at radius 1 is 1.21 bits per heavy atom. The van der Waals surface area contributed by atoms with Crippen molar-refractivity contribution in [2.75, 3.05) is 7.11 Å². The zero-order valence-corrected chi connectivity index (χ0v) is 20.4. The van der Waals surface area contributed by atoms with E-state index in [1.807, 2.05) is 27.2 Å². The molecular formula is C28H36N4O. The molecular weight excluding hydrogens is 408 g/mol. The number of hydrogen-bond acceptors (Lipinski definition) is 4. The molecule has 0 amide bonds. The number of nitrogens with one attached hydrogen (secondary N) is 2. The van der Waals surface area contributed by atoms with Gasteiger partial charge in [-0.3, -0.25) is 10.4 Å². The minimum atomic E-state index is -0.183. The van der Waals surface area contributed by atoms with E-state index >= 15 is 0 Å². The summed E-state index contributed by atoms with van der Waals surface area (Å²) in [7, 11) is 1.84. The Kier molecular flexibility index (Phi) is 6.61. The van der Waals surface area contributed by atoms with E-state index in [1.54, 1.807) is 6.20 Å². The Hall–Kier alpha value is -2.68. The summed E-state index contributed by atoms with van der Waals surface area (Å²) >= 11 is 0. The molecule has 2 aromatic rings. The first-order valence-electron chi connectivity index (χ1n) is 11.9. The number of methoxy groups -OCH3 is 1. The number of nitrogens with two attached hydrogens (primary N) is 1. The Morgan fingerprint density at radius 3 is 2.58 bits per heavy atom. The second kappa shape index (κ2) is 9.29. The zero-order chi connectivity index (χ0) is 23.8. The number of nitrogens with zero attached hydrogens (tertiary/aromatic N) is 1. The maximum absolute atomic E-state index is 8.01. The van der Waals surface area contributed by atoms with Gasteiger partial charge in [0.15, 0.2) is 0 Å². The molecule has 4 N–H and O–H groups in total. The number of rotatable bonds is 5. The zero-order valence-electron chi connectivity index (χ0n) is 20.4. The number of aromatic nitrogens is 1. The van der Waals surface area contributed by atoms with Crippen LogP contribution in [0.1, 0.15) is 63.3 Å². The SMILES string of the molecule is CC#Cc1cncc(-c2ccc3c(c2)[C@@H](NC(C)C(=N)N)C2(C3)C[C@@H](C)C(OC)[C@@H](C)C2)c1. The maximum atomic E-state index is 8.01. The summed E-state index contributed by atoms with van der Waals surface area (Å²) in [6.07, 6.45) is 7.21. The Balaban J connectivity index is 1.76. The lowest BCUT2D eigenvalue weighted by Gasteiger charge is -2.48.